The molecule has 2 aromatic carbocycles. The van der Waals surface area contributed by atoms with Crippen molar-refractivity contribution < 1.29 is 9.72 Å². The largest absolute Gasteiger partial charge is 0.348 e. The van der Waals surface area contributed by atoms with E-state index in [1.807, 2.05) is 12.1 Å². The van der Waals surface area contributed by atoms with E-state index >= 15 is 0 Å². The number of nitrogens with one attached hydrogen (secondary N) is 1. The molecule has 0 fully saturated rings. The van der Waals surface area contributed by atoms with Crippen LogP contribution >= 0.6 is 15.9 Å². The molecule has 0 atom stereocenters. The molecule has 7 heteroatoms. The summed E-state index contributed by atoms with van der Waals surface area (Å²) in [4.78, 5) is 25.0. The van der Waals surface area contributed by atoms with Crippen molar-refractivity contribution in [3.8, 4) is 0 Å². The summed E-state index contributed by atoms with van der Waals surface area (Å²) in [5.41, 5.74) is 2.34. The van der Waals surface area contributed by atoms with E-state index in [2.05, 4.69) is 52.1 Å². The van der Waals surface area contributed by atoms with Crippen molar-refractivity contribution in [2.24, 2.45) is 0 Å². The maximum Gasteiger partial charge on any atom is 0.284 e. The number of nitrogens with zero attached hydrogens (tertiary/aromatic N) is 2. The van der Waals surface area contributed by atoms with Gasteiger partial charge >= 0.3 is 0 Å². The lowest BCUT2D eigenvalue weighted by atomic mass is 10.1. The molecule has 0 unspecified atom stereocenters. The molecule has 0 spiro atoms. The minimum Gasteiger partial charge on any atom is -0.348 e. The predicted molar refractivity (Wildman–Crippen MR) is 105 cm³/mol. The maximum absolute atomic E-state index is 12.2. The van der Waals surface area contributed by atoms with E-state index in [0.717, 1.165) is 25.2 Å². The fraction of sp³-hybridized carbons (Fsp3) is 0.316. The van der Waals surface area contributed by atoms with Gasteiger partial charge in [0.2, 0.25) is 0 Å². The van der Waals surface area contributed by atoms with E-state index in [1.165, 1.54) is 17.7 Å². The van der Waals surface area contributed by atoms with Gasteiger partial charge in [-0.2, -0.15) is 0 Å². The molecule has 0 bridgehead atoms. The normalized spacial score (nSPS) is 10.8. The van der Waals surface area contributed by atoms with E-state index in [1.54, 1.807) is 6.07 Å². The molecule has 2 rings (SSSR count). The van der Waals surface area contributed by atoms with Crippen LogP contribution in [0.4, 0.5) is 5.69 Å². The van der Waals surface area contributed by atoms with Crippen molar-refractivity contribution in [2.45, 2.75) is 26.9 Å². The Hall–Kier alpha value is -2.25. The van der Waals surface area contributed by atoms with Gasteiger partial charge in [0.25, 0.3) is 11.6 Å². The summed E-state index contributed by atoms with van der Waals surface area (Å²) in [6.45, 7) is 7.57. The zero-order chi connectivity index (χ0) is 19.1. The third kappa shape index (κ3) is 5.37. The van der Waals surface area contributed by atoms with Gasteiger partial charge in [-0.05, 0) is 52.3 Å². The molecular formula is C19H22BrN3O3. The molecule has 0 aromatic heterocycles. The monoisotopic (exact) mass is 419 g/mol. The first-order valence-electron chi connectivity index (χ1n) is 8.46. The van der Waals surface area contributed by atoms with Crippen LogP contribution in [0.5, 0.6) is 0 Å². The third-order valence-corrected chi connectivity index (χ3v) is 4.85. The van der Waals surface area contributed by atoms with E-state index in [0.29, 0.717) is 11.0 Å². The second-order valence-electron chi connectivity index (χ2n) is 5.88. The minimum atomic E-state index is -0.518. The molecule has 0 aliphatic heterocycles. The number of hydrogen-bond donors (Lipinski definition) is 1. The smallest absolute Gasteiger partial charge is 0.284 e. The molecule has 2 aromatic rings. The van der Waals surface area contributed by atoms with Crippen LogP contribution in [0.25, 0.3) is 0 Å². The molecule has 0 aliphatic rings. The van der Waals surface area contributed by atoms with Crippen LogP contribution < -0.4 is 5.32 Å². The Morgan fingerprint density at radius 2 is 1.73 bits per heavy atom. The van der Waals surface area contributed by atoms with Gasteiger partial charge in [0.1, 0.15) is 0 Å². The fourth-order valence-corrected chi connectivity index (χ4v) is 2.94. The Morgan fingerprint density at radius 1 is 1.12 bits per heavy atom. The van der Waals surface area contributed by atoms with Crippen molar-refractivity contribution in [2.75, 3.05) is 13.1 Å². The van der Waals surface area contributed by atoms with Gasteiger partial charge < -0.3 is 5.32 Å². The first-order chi connectivity index (χ1) is 12.4. The SMILES string of the molecule is CCN(CC)Cc1ccc(CNC(=O)c2ccc(Br)c([N+](=O)[O-])c2)cc1. The molecule has 0 heterocycles. The highest BCUT2D eigenvalue weighted by Crippen LogP contribution is 2.25. The number of nitro groups is 1. The third-order valence-electron chi connectivity index (χ3n) is 4.18. The van der Waals surface area contributed by atoms with Crippen molar-refractivity contribution >= 4 is 27.5 Å². The van der Waals surface area contributed by atoms with Crippen molar-refractivity contribution in [3.63, 3.8) is 0 Å². The van der Waals surface area contributed by atoms with Crippen LogP contribution in [-0.2, 0) is 13.1 Å². The molecule has 6 nitrogen and oxygen atoms in total. The van der Waals surface area contributed by atoms with Gasteiger partial charge in [-0.3, -0.25) is 19.8 Å². The van der Waals surface area contributed by atoms with Crippen LogP contribution in [-0.4, -0.2) is 28.8 Å². The second kappa shape index (κ2) is 9.45. The molecule has 0 radical (unpaired) electrons. The van der Waals surface area contributed by atoms with E-state index in [9.17, 15) is 14.9 Å². The summed E-state index contributed by atoms with van der Waals surface area (Å²) in [6.07, 6.45) is 0. The van der Waals surface area contributed by atoms with Crippen LogP contribution in [0.2, 0.25) is 0 Å². The highest BCUT2D eigenvalue weighted by Gasteiger charge is 2.15. The molecule has 26 heavy (non-hydrogen) atoms. The Labute approximate surface area is 161 Å². The number of carbonyl (C=O) groups is 1. The summed E-state index contributed by atoms with van der Waals surface area (Å²) >= 11 is 3.11. The molecule has 138 valence electrons. The molecule has 1 amide bonds. The number of carbonyl (C=O) groups excluding carboxylic acids is 1. The minimum absolute atomic E-state index is 0.126. The van der Waals surface area contributed by atoms with Gasteiger partial charge in [-0.1, -0.05) is 38.1 Å². The summed E-state index contributed by atoms with van der Waals surface area (Å²) in [5, 5.41) is 13.8. The molecule has 0 saturated carbocycles. The predicted octanol–water partition coefficient (Wildman–Crippen LogP) is 4.13. The molecule has 1 N–H and O–H groups in total. The number of halogens is 1. The first-order valence-corrected chi connectivity index (χ1v) is 9.26. The number of amides is 1. The van der Waals surface area contributed by atoms with Crippen LogP contribution in [0.3, 0.4) is 0 Å². The Bertz CT molecular complexity index is 774. The van der Waals surface area contributed by atoms with Crippen LogP contribution in [0, 0.1) is 10.1 Å². The quantitative estimate of drug-likeness (QED) is 0.515. The molecule has 0 saturated heterocycles. The topological polar surface area (TPSA) is 75.5 Å². The van der Waals surface area contributed by atoms with Crippen LogP contribution in [0.1, 0.15) is 35.3 Å². The highest BCUT2D eigenvalue weighted by atomic mass is 79.9. The summed E-state index contributed by atoms with van der Waals surface area (Å²) in [5.74, 6) is -0.340. The lowest BCUT2D eigenvalue weighted by molar-refractivity contribution is -0.385. The van der Waals surface area contributed by atoms with Gasteiger partial charge in [0.15, 0.2) is 0 Å². The maximum atomic E-state index is 12.2. The van der Waals surface area contributed by atoms with Crippen molar-refractivity contribution in [3.05, 3.63) is 73.7 Å². The number of rotatable bonds is 8. The first kappa shape index (κ1) is 20.1. The van der Waals surface area contributed by atoms with Crippen LogP contribution in [0.15, 0.2) is 46.9 Å². The zero-order valence-electron chi connectivity index (χ0n) is 14.9. The summed E-state index contributed by atoms with van der Waals surface area (Å²) in [7, 11) is 0. The standard InChI is InChI=1S/C19H22BrN3O3/c1-3-22(4-2)13-15-7-5-14(6-8-15)12-21-19(24)16-9-10-17(20)18(11-16)23(25)26/h5-11H,3-4,12-13H2,1-2H3,(H,21,24). The van der Waals surface area contributed by atoms with E-state index in [-0.39, 0.29) is 17.2 Å². The average molecular weight is 420 g/mol. The van der Waals surface area contributed by atoms with E-state index in [4.69, 9.17) is 0 Å². The van der Waals surface area contributed by atoms with Crippen molar-refractivity contribution in [1.82, 2.24) is 10.2 Å². The number of benzene rings is 2. The van der Waals surface area contributed by atoms with E-state index < -0.39 is 4.92 Å². The average Bonchev–Trinajstić information content (AvgIpc) is 2.65. The summed E-state index contributed by atoms with van der Waals surface area (Å²) in [6, 6.07) is 12.4. The summed E-state index contributed by atoms with van der Waals surface area (Å²) < 4.78 is 0.350. The molecule has 0 aliphatic carbocycles. The molecular weight excluding hydrogens is 398 g/mol. The van der Waals surface area contributed by atoms with Gasteiger partial charge in [-0.15, -0.1) is 0 Å². The number of hydrogen-bond acceptors (Lipinski definition) is 4. The Balaban J connectivity index is 1.97. The Morgan fingerprint density at radius 3 is 2.31 bits per heavy atom. The van der Waals surface area contributed by atoms with Gasteiger partial charge in [0, 0.05) is 24.7 Å². The van der Waals surface area contributed by atoms with Crippen molar-refractivity contribution in [1.29, 1.82) is 0 Å². The van der Waals surface area contributed by atoms with Gasteiger partial charge in [-0.25, -0.2) is 0 Å². The Kier molecular flexibility index (Phi) is 7.29. The lowest BCUT2D eigenvalue weighted by Crippen LogP contribution is -2.23. The second-order valence-corrected chi connectivity index (χ2v) is 6.74. The number of nitro benzene ring substituents is 1. The van der Waals surface area contributed by atoms with Gasteiger partial charge in [0.05, 0.1) is 9.40 Å². The zero-order valence-corrected chi connectivity index (χ0v) is 16.5. The fourth-order valence-electron chi connectivity index (χ4n) is 2.55. The lowest BCUT2D eigenvalue weighted by Gasteiger charge is -2.18. The highest BCUT2D eigenvalue weighted by molar-refractivity contribution is 9.10.